The average Bonchev–Trinajstić information content (AvgIpc) is 2.50. The van der Waals surface area contributed by atoms with Crippen LogP contribution in [0, 0.1) is 5.41 Å². The van der Waals surface area contributed by atoms with Gasteiger partial charge in [0, 0.05) is 11.8 Å². The largest absolute Gasteiger partial charge is 0.465 e. The van der Waals surface area contributed by atoms with Crippen molar-refractivity contribution in [3.8, 4) is 0 Å². The van der Waals surface area contributed by atoms with Crippen LogP contribution >= 0.6 is 15.9 Å². The van der Waals surface area contributed by atoms with Gasteiger partial charge < -0.3 is 4.74 Å². The quantitative estimate of drug-likeness (QED) is 0.443. The average molecular weight is 263 g/mol. The number of rotatable bonds is 4. The predicted octanol–water partition coefficient (Wildman–Crippen LogP) is 2.07. The number of carbonyl (C=O) groups is 2. The van der Waals surface area contributed by atoms with Crippen LogP contribution in [-0.2, 0) is 14.3 Å². The second-order valence-corrected chi connectivity index (χ2v) is 4.31. The number of hydrogen-bond acceptors (Lipinski definition) is 3. The summed E-state index contributed by atoms with van der Waals surface area (Å²) in [5.74, 6) is -0.280. The predicted molar refractivity (Wildman–Crippen MR) is 56.3 cm³/mol. The monoisotopic (exact) mass is 262 g/mol. The van der Waals surface area contributed by atoms with Crippen molar-refractivity contribution in [3.05, 3.63) is 0 Å². The zero-order valence-corrected chi connectivity index (χ0v) is 9.93. The fourth-order valence-corrected chi connectivity index (χ4v) is 2.62. The molecule has 0 aromatic rings. The third kappa shape index (κ3) is 2.00. The lowest BCUT2D eigenvalue weighted by molar-refractivity contribution is -0.158. The fraction of sp³-hybridized carbons (Fsp3) is 0.800. The molecule has 3 nitrogen and oxygen atoms in total. The van der Waals surface area contributed by atoms with E-state index in [1.165, 1.54) is 0 Å². The van der Waals surface area contributed by atoms with Gasteiger partial charge in [0.05, 0.1) is 6.61 Å². The number of Topliss-reactive ketones (excluding diaryl/α,β-unsaturated/α-hetero) is 1. The van der Waals surface area contributed by atoms with E-state index in [1.54, 1.807) is 6.92 Å². The molecule has 0 aromatic carbocycles. The lowest BCUT2D eigenvalue weighted by atomic mass is 9.82. The lowest BCUT2D eigenvalue weighted by Crippen LogP contribution is -2.37. The van der Waals surface area contributed by atoms with E-state index >= 15 is 0 Å². The van der Waals surface area contributed by atoms with Crippen molar-refractivity contribution in [1.82, 2.24) is 0 Å². The normalized spacial score (nSPS) is 26.6. The maximum atomic E-state index is 11.7. The number of ketones is 1. The molecule has 0 aliphatic heterocycles. The topological polar surface area (TPSA) is 43.4 Å². The van der Waals surface area contributed by atoms with Crippen LogP contribution < -0.4 is 0 Å². The van der Waals surface area contributed by atoms with Crippen molar-refractivity contribution in [2.24, 2.45) is 5.41 Å². The molecular weight excluding hydrogens is 248 g/mol. The second-order valence-electron chi connectivity index (χ2n) is 3.52. The molecule has 0 amide bonds. The Balaban J connectivity index is 2.80. The van der Waals surface area contributed by atoms with Crippen LogP contribution in [0.25, 0.3) is 0 Å². The summed E-state index contributed by atoms with van der Waals surface area (Å²) in [5.41, 5.74) is -0.834. The minimum absolute atomic E-state index is 0.0513. The molecule has 1 saturated carbocycles. The molecule has 1 fully saturated rings. The van der Waals surface area contributed by atoms with Gasteiger partial charge in [-0.15, -0.1) is 0 Å². The van der Waals surface area contributed by atoms with E-state index in [0.29, 0.717) is 31.2 Å². The molecule has 4 heteroatoms. The maximum absolute atomic E-state index is 11.7. The summed E-state index contributed by atoms with van der Waals surface area (Å²) in [6.45, 7) is 2.11. The molecule has 14 heavy (non-hydrogen) atoms. The third-order valence-electron chi connectivity index (χ3n) is 2.73. The van der Waals surface area contributed by atoms with Gasteiger partial charge in [-0.25, -0.2) is 0 Å². The van der Waals surface area contributed by atoms with Gasteiger partial charge in [-0.2, -0.15) is 0 Å². The van der Waals surface area contributed by atoms with Gasteiger partial charge in [-0.1, -0.05) is 15.9 Å². The number of hydrogen-bond donors (Lipinski definition) is 0. The summed E-state index contributed by atoms with van der Waals surface area (Å²) in [7, 11) is 0. The molecule has 80 valence electrons. The Bertz CT molecular complexity index is 240. The Morgan fingerprint density at radius 1 is 1.64 bits per heavy atom. The first kappa shape index (κ1) is 11.7. The fourth-order valence-electron chi connectivity index (χ4n) is 1.94. The van der Waals surface area contributed by atoms with E-state index in [9.17, 15) is 9.59 Å². The van der Waals surface area contributed by atoms with Gasteiger partial charge in [0.15, 0.2) is 0 Å². The molecule has 1 atom stereocenters. The Kier molecular flexibility index (Phi) is 4.11. The SMILES string of the molecule is CCOC(=O)C1(CCBr)CCCC1=O. The van der Waals surface area contributed by atoms with E-state index in [1.807, 2.05) is 0 Å². The van der Waals surface area contributed by atoms with Gasteiger partial charge in [0.2, 0.25) is 0 Å². The summed E-state index contributed by atoms with van der Waals surface area (Å²) < 4.78 is 4.97. The molecule has 0 radical (unpaired) electrons. The molecular formula is C10H15BrO3. The van der Waals surface area contributed by atoms with Crippen LogP contribution in [-0.4, -0.2) is 23.7 Å². The van der Waals surface area contributed by atoms with Crippen molar-refractivity contribution in [2.45, 2.75) is 32.6 Å². The number of esters is 1. The lowest BCUT2D eigenvalue weighted by Gasteiger charge is -2.23. The van der Waals surface area contributed by atoms with E-state index in [2.05, 4.69) is 15.9 Å². The van der Waals surface area contributed by atoms with Crippen molar-refractivity contribution < 1.29 is 14.3 Å². The highest BCUT2D eigenvalue weighted by Gasteiger charge is 2.48. The molecule has 1 aliphatic carbocycles. The minimum atomic E-state index is -0.834. The number of carbonyl (C=O) groups excluding carboxylic acids is 2. The van der Waals surface area contributed by atoms with Crippen molar-refractivity contribution >= 4 is 27.7 Å². The Hall–Kier alpha value is -0.380. The van der Waals surface area contributed by atoms with E-state index in [-0.39, 0.29) is 11.8 Å². The zero-order chi connectivity index (χ0) is 10.6. The van der Waals surface area contributed by atoms with Crippen LogP contribution in [0.2, 0.25) is 0 Å². The van der Waals surface area contributed by atoms with Crippen molar-refractivity contribution in [3.63, 3.8) is 0 Å². The molecule has 0 bridgehead atoms. The van der Waals surface area contributed by atoms with Crippen LogP contribution in [0.5, 0.6) is 0 Å². The van der Waals surface area contributed by atoms with Gasteiger partial charge in [-0.05, 0) is 26.2 Å². The molecule has 0 aromatic heterocycles. The van der Waals surface area contributed by atoms with E-state index in [4.69, 9.17) is 4.74 Å². The van der Waals surface area contributed by atoms with Gasteiger partial charge >= 0.3 is 5.97 Å². The Morgan fingerprint density at radius 3 is 2.79 bits per heavy atom. The van der Waals surface area contributed by atoms with E-state index < -0.39 is 5.41 Å². The summed E-state index contributed by atoms with van der Waals surface area (Å²) >= 11 is 3.28. The Labute approximate surface area is 92.3 Å². The molecule has 0 N–H and O–H groups in total. The molecule has 0 spiro atoms. The van der Waals surface area contributed by atoms with Gasteiger partial charge in [0.25, 0.3) is 0 Å². The first-order valence-corrected chi connectivity index (χ1v) is 6.06. The smallest absolute Gasteiger partial charge is 0.319 e. The van der Waals surface area contributed by atoms with Crippen LogP contribution in [0.3, 0.4) is 0 Å². The minimum Gasteiger partial charge on any atom is -0.465 e. The zero-order valence-electron chi connectivity index (χ0n) is 8.35. The highest BCUT2D eigenvalue weighted by Crippen LogP contribution is 2.39. The summed E-state index contributed by atoms with van der Waals surface area (Å²) in [5, 5.41) is 0.664. The summed E-state index contributed by atoms with van der Waals surface area (Å²) in [6.07, 6.45) is 2.54. The van der Waals surface area contributed by atoms with Crippen LogP contribution in [0.15, 0.2) is 0 Å². The molecule has 0 heterocycles. The molecule has 1 aliphatic rings. The van der Waals surface area contributed by atoms with Crippen LogP contribution in [0.1, 0.15) is 32.6 Å². The summed E-state index contributed by atoms with van der Waals surface area (Å²) in [6, 6.07) is 0. The highest BCUT2D eigenvalue weighted by molar-refractivity contribution is 9.09. The van der Waals surface area contributed by atoms with Crippen molar-refractivity contribution in [2.75, 3.05) is 11.9 Å². The van der Waals surface area contributed by atoms with Crippen LogP contribution in [0.4, 0.5) is 0 Å². The summed E-state index contributed by atoms with van der Waals surface area (Å²) in [4.78, 5) is 23.4. The first-order chi connectivity index (χ1) is 6.67. The highest BCUT2D eigenvalue weighted by atomic mass is 79.9. The molecule has 1 unspecified atom stereocenters. The maximum Gasteiger partial charge on any atom is 0.319 e. The molecule has 1 rings (SSSR count). The van der Waals surface area contributed by atoms with Gasteiger partial charge in [0.1, 0.15) is 11.2 Å². The Morgan fingerprint density at radius 2 is 2.36 bits per heavy atom. The number of alkyl halides is 1. The number of halogens is 1. The second kappa shape index (κ2) is 4.91. The third-order valence-corrected chi connectivity index (χ3v) is 3.13. The van der Waals surface area contributed by atoms with Gasteiger partial charge in [-0.3, -0.25) is 9.59 Å². The van der Waals surface area contributed by atoms with Crippen molar-refractivity contribution in [1.29, 1.82) is 0 Å². The first-order valence-electron chi connectivity index (χ1n) is 4.94. The van der Waals surface area contributed by atoms with E-state index in [0.717, 1.165) is 6.42 Å². The molecule has 0 saturated heterocycles. The number of ether oxygens (including phenoxy) is 1. The standard InChI is InChI=1S/C10H15BrO3/c1-2-14-9(13)10(6-7-11)5-3-4-8(10)12/h2-7H2,1H3.